The van der Waals surface area contributed by atoms with Crippen LogP contribution in [0, 0.1) is 0 Å². The van der Waals surface area contributed by atoms with E-state index in [9.17, 15) is 14.7 Å². The maximum atomic E-state index is 12.3. The molecular formula is C23H27NO7. The minimum Gasteiger partial charge on any atom is -0.484 e. The van der Waals surface area contributed by atoms with E-state index in [-0.39, 0.29) is 6.61 Å². The van der Waals surface area contributed by atoms with Crippen LogP contribution in [0.3, 0.4) is 0 Å². The summed E-state index contributed by atoms with van der Waals surface area (Å²) in [6.07, 6.45) is 0.586. The first-order valence-electron chi connectivity index (χ1n) is 10.2. The molecule has 1 aliphatic carbocycles. The number of carboxylic acids is 1. The zero-order valence-electron chi connectivity index (χ0n) is 17.3. The van der Waals surface area contributed by atoms with Gasteiger partial charge in [0.25, 0.3) is 0 Å². The molecule has 2 aromatic rings. The number of aliphatic carboxylic acids is 1. The molecule has 3 rings (SSSR count). The Morgan fingerprint density at radius 2 is 1.68 bits per heavy atom. The van der Waals surface area contributed by atoms with Crippen molar-refractivity contribution in [2.24, 2.45) is 0 Å². The summed E-state index contributed by atoms with van der Waals surface area (Å²) in [6, 6.07) is 16.1. The number of carbonyl (C=O) groups excluding carboxylic acids is 1. The van der Waals surface area contributed by atoms with Gasteiger partial charge in [-0.1, -0.05) is 30.3 Å². The van der Waals surface area contributed by atoms with E-state index in [4.69, 9.17) is 19.3 Å². The number of rotatable bonds is 9. The second-order valence-electron chi connectivity index (χ2n) is 7.40. The van der Waals surface area contributed by atoms with Crippen LogP contribution in [0.15, 0.2) is 54.6 Å². The van der Waals surface area contributed by atoms with Crippen LogP contribution in [-0.2, 0) is 14.3 Å². The Balaban J connectivity index is 1.65. The number of amides is 1. The van der Waals surface area contributed by atoms with E-state index < -0.39 is 36.7 Å². The van der Waals surface area contributed by atoms with Gasteiger partial charge >= 0.3 is 5.97 Å². The molecule has 1 saturated carbocycles. The molecular weight excluding hydrogens is 402 g/mol. The van der Waals surface area contributed by atoms with E-state index in [1.807, 2.05) is 42.5 Å². The van der Waals surface area contributed by atoms with Crippen LogP contribution in [0.1, 0.15) is 19.3 Å². The molecule has 1 fully saturated rings. The first-order chi connectivity index (χ1) is 15.0. The van der Waals surface area contributed by atoms with Crippen molar-refractivity contribution in [2.45, 2.75) is 37.5 Å². The summed E-state index contributed by atoms with van der Waals surface area (Å²) in [4.78, 5) is 24.3. The third-order valence-corrected chi connectivity index (χ3v) is 5.20. The third-order valence-electron chi connectivity index (χ3n) is 5.20. The summed E-state index contributed by atoms with van der Waals surface area (Å²) in [5.74, 6) is 0.188. The molecule has 0 aliphatic heterocycles. The highest BCUT2D eigenvalue weighted by atomic mass is 16.5. The molecule has 166 valence electrons. The van der Waals surface area contributed by atoms with Crippen LogP contribution in [0.2, 0.25) is 0 Å². The van der Waals surface area contributed by atoms with E-state index in [1.54, 1.807) is 19.2 Å². The van der Waals surface area contributed by atoms with Gasteiger partial charge in [0.1, 0.15) is 31.2 Å². The molecule has 1 aliphatic rings. The topological polar surface area (TPSA) is 106 Å². The molecule has 2 N–H and O–H groups in total. The van der Waals surface area contributed by atoms with E-state index in [0.717, 1.165) is 6.42 Å². The molecule has 0 radical (unpaired) electrons. The Hall–Kier alpha value is -3.10. The maximum Gasteiger partial charge on any atom is 0.329 e. The molecule has 1 amide bonds. The first kappa shape index (κ1) is 22.6. The van der Waals surface area contributed by atoms with Gasteiger partial charge in [-0.2, -0.15) is 0 Å². The lowest BCUT2D eigenvalue weighted by atomic mass is 9.89. The first-order valence-corrected chi connectivity index (χ1v) is 10.2. The monoisotopic (exact) mass is 429 g/mol. The molecule has 0 saturated heterocycles. The van der Waals surface area contributed by atoms with Crippen LogP contribution < -0.4 is 9.47 Å². The highest BCUT2D eigenvalue weighted by Crippen LogP contribution is 2.34. The predicted molar refractivity (Wildman–Crippen MR) is 112 cm³/mol. The zero-order chi connectivity index (χ0) is 22.2. The van der Waals surface area contributed by atoms with Gasteiger partial charge in [-0.15, -0.1) is 0 Å². The van der Waals surface area contributed by atoms with Gasteiger partial charge in [0.15, 0.2) is 11.5 Å². The molecule has 2 aromatic carbocycles. The molecule has 8 nitrogen and oxygen atoms in total. The third kappa shape index (κ3) is 6.19. The van der Waals surface area contributed by atoms with Crippen molar-refractivity contribution in [1.82, 2.24) is 4.90 Å². The number of hydrogen-bond donors (Lipinski definition) is 2. The van der Waals surface area contributed by atoms with Gasteiger partial charge in [-0.25, -0.2) is 4.79 Å². The lowest BCUT2D eigenvalue weighted by Gasteiger charge is -2.39. The predicted octanol–water partition coefficient (Wildman–Crippen LogP) is 2.70. The summed E-state index contributed by atoms with van der Waals surface area (Å²) < 4.78 is 16.9. The summed E-state index contributed by atoms with van der Waals surface area (Å²) in [7, 11) is 1.58. The molecule has 31 heavy (non-hydrogen) atoms. The van der Waals surface area contributed by atoms with Gasteiger partial charge < -0.3 is 29.3 Å². The van der Waals surface area contributed by atoms with Gasteiger partial charge in [0.05, 0.1) is 6.04 Å². The smallest absolute Gasteiger partial charge is 0.329 e. The number of benzene rings is 2. The minimum absolute atomic E-state index is 0.356. The molecule has 0 bridgehead atoms. The Labute approximate surface area is 181 Å². The fourth-order valence-electron chi connectivity index (χ4n) is 3.59. The van der Waals surface area contributed by atoms with Crippen LogP contribution in [-0.4, -0.2) is 65.5 Å². The lowest BCUT2D eigenvalue weighted by molar-refractivity contribution is -0.148. The number of aliphatic hydroxyl groups excluding tert-OH is 1. The van der Waals surface area contributed by atoms with Crippen LogP contribution in [0.25, 0.3) is 0 Å². The second-order valence-corrected chi connectivity index (χ2v) is 7.40. The molecule has 8 heteroatoms. The average Bonchev–Trinajstić information content (AvgIpc) is 2.76. The van der Waals surface area contributed by atoms with Crippen LogP contribution in [0.5, 0.6) is 17.2 Å². The fraction of sp³-hybridized carbons (Fsp3) is 0.391. The highest BCUT2D eigenvalue weighted by Gasteiger charge is 2.37. The van der Waals surface area contributed by atoms with Crippen molar-refractivity contribution >= 4 is 11.9 Å². The normalized spacial score (nSPS) is 20.6. The second kappa shape index (κ2) is 10.8. The summed E-state index contributed by atoms with van der Waals surface area (Å²) in [5.41, 5.74) is 0. The fourth-order valence-corrected chi connectivity index (χ4v) is 3.59. The van der Waals surface area contributed by atoms with Gasteiger partial charge in [0, 0.05) is 7.05 Å². The maximum absolute atomic E-state index is 12.3. The molecule has 3 atom stereocenters. The molecule has 0 aromatic heterocycles. The van der Waals surface area contributed by atoms with Crippen molar-refractivity contribution in [3.8, 4) is 17.2 Å². The Kier molecular flexibility index (Phi) is 7.86. The average molecular weight is 429 g/mol. The SMILES string of the molecule is CN(C(=O)COCC(=O)O)[C@@H]1CCC[C@@H](Oc2ccccc2Oc2ccccc2)[C@@H]1O. The molecule has 0 unspecified atom stereocenters. The quantitative estimate of drug-likeness (QED) is 0.631. The number of hydrogen-bond acceptors (Lipinski definition) is 6. The van der Waals surface area contributed by atoms with Crippen molar-refractivity contribution in [1.29, 1.82) is 0 Å². The summed E-state index contributed by atoms with van der Waals surface area (Å²) in [6.45, 7) is -0.901. The number of carboxylic acid groups (broad SMARTS) is 1. The van der Waals surface area contributed by atoms with Crippen LogP contribution in [0.4, 0.5) is 0 Å². The number of para-hydroxylation sites is 3. The Morgan fingerprint density at radius 3 is 2.39 bits per heavy atom. The van der Waals surface area contributed by atoms with Crippen molar-refractivity contribution in [3.05, 3.63) is 54.6 Å². The minimum atomic E-state index is -1.14. The number of aliphatic hydroxyl groups is 1. The van der Waals surface area contributed by atoms with E-state index in [2.05, 4.69) is 0 Å². The molecule has 0 heterocycles. The van der Waals surface area contributed by atoms with Crippen molar-refractivity contribution < 1.29 is 34.0 Å². The standard InChI is InChI=1S/C23H27NO7/c1-24(21(25)14-29-15-22(26)27)17-10-7-13-20(23(17)28)31-19-12-6-5-11-18(19)30-16-8-3-2-4-9-16/h2-6,8-9,11-12,17,20,23,28H,7,10,13-15H2,1H3,(H,26,27)/t17-,20-,23-/m1/s1. The molecule has 0 spiro atoms. The Morgan fingerprint density at radius 1 is 1.00 bits per heavy atom. The number of likely N-dealkylation sites (N-methyl/N-ethyl adjacent to an activating group) is 1. The van der Waals surface area contributed by atoms with E-state index in [0.29, 0.717) is 30.1 Å². The number of carbonyl (C=O) groups is 2. The number of nitrogens with zero attached hydrogens (tertiary/aromatic N) is 1. The Bertz CT molecular complexity index is 873. The summed E-state index contributed by atoms with van der Waals surface area (Å²) in [5, 5.41) is 19.5. The summed E-state index contributed by atoms with van der Waals surface area (Å²) >= 11 is 0. The van der Waals surface area contributed by atoms with Crippen LogP contribution >= 0.6 is 0 Å². The highest BCUT2D eigenvalue weighted by molar-refractivity contribution is 5.78. The van der Waals surface area contributed by atoms with Gasteiger partial charge in [-0.05, 0) is 43.5 Å². The van der Waals surface area contributed by atoms with E-state index in [1.165, 1.54) is 4.90 Å². The van der Waals surface area contributed by atoms with E-state index >= 15 is 0 Å². The zero-order valence-corrected chi connectivity index (χ0v) is 17.3. The number of ether oxygens (including phenoxy) is 3. The van der Waals surface area contributed by atoms with Gasteiger partial charge in [0.2, 0.25) is 5.91 Å². The van der Waals surface area contributed by atoms with Crippen molar-refractivity contribution in [2.75, 3.05) is 20.3 Å². The van der Waals surface area contributed by atoms with Crippen molar-refractivity contribution in [3.63, 3.8) is 0 Å². The lowest BCUT2D eigenvalue weighted by Crippen LogP contribution is -2.54. The largest absolute Gasteiger partial charge is 0.484 e. The van der Waals surface area contributed by atoms with Gasteiger partial charge in [-0.3, -0.25) is 4.79 Å².